The molecule has 1 heterocycles. The normalized spacial score (nSPS) is 14.3. The summed E-state index contributed by atoms with van der Waals surface area (Å²) in [5.41, 5.74) is 1.25. The van der Waals surface area contributed by atoms with Crippen molar-refractivity contribution in [3.8, 4) is 11.5 Å². The average molecular weight is 340 g/mol. The van der Waals surface area contributed by atoms with Gasteiger partial charge in [-0.3, -0.25) is 14.5 Å². The van der Waals surface area contributed by atoms with Gasteiger partial charge in [-0.25, -0.2) is 0 Å². The molecule has 6 heteroatoms. The van der Waals surface area contributed by atoms with Gasteiger partial charge in [0.2, 0.25) is 5.91 Å². The average Bonchev–Trinajstić information content (AvgIpc) is 2.63. The molecule has 0 bridgehead atoms. The molecule has 0 aliphatic carbocycles. The minimum atomic E-state index is -0.663. The molecule has 1 atom stereocenters. The molecule has 1 N–H and O–H groups in total. The fourth-order valence-electron chi connectivity index (χ4n) is 2.71. The van der Waals surface area contributed by atoms with E-state index in [0.717, 1.165) is 5.75 Å². The van der Waals surface area contributed by atoms with E-state index in [9.17, 15) is 9.59 Å². The zero-order chi connectivity index (χ0) is 17.8. The first-order chi connectivity index (χ1) is 12.1. The highest BCUT2D eigenvalue weighted by Gasteiger charge is 2.32. The molecular formula is C19H20N2O4. The number of para-hydroxylation sites is 2. The molecule has 0 saturated heterocycles. The van der Waals surface area contributed by atoms with Gasteiger partial charge < -0.3 is 14.8 Å². The lowest BCUT2D eigenvalue weighted by atomic mass is 10.1. The van der Waals surface area contributed by atoms with Gasteiger partial charge in [-0.2, -0.15) is 0 Å². The molecule has 2 aromatic carbocycles. The van der Waals surface area contributed by atoms with Crippen LogP contribution in [0.5, 0.6) is 11.5 Å². The van der Waals surface area contributed by atoms with Crippen LogP contribution in [0.3, 0.4) is 0 Å². The van der Waals surface area contributed by atoms with Crippen molar-refractivity contribution in [3.05, 3.63) is 48.5 Å². The molecule has 2 aromatic rings. The van der Waals surface area contributed by atoms with Crippen LogP contribution in [0.1, 0.15) is 13.8 Å². The van der Waals surface area contributed by atoms with Gasteiger partial charge in [-0.1, -0.05) is 12.1 Å². The number of hydrogen-bond donors (Lipinski definition) is 1. The van der Waals surface area contributed by atoms with Crippen molar-refractivity contribution in [2.24, 2.45) is 0 Å². The maximum absolute atomic E-state index is 12.6. The number of ether oxygens (including phenoxy) is 2. The maximum Gasteiger partial charge on any atom is 0.265 e. The highest BCUT2D eigenvalue weighted by atomic mass is 16.5. The number of hydrogen-bond acceptors (Lipinski definition) is 4. The smallest absolute Gasteiger partial charge is 0.265 e. The van der Waals surface area contributed by atoms with Crippen LogP contribution in [-0.4, -0.2) is 31.1 Å². The maximum atomic E-state index is 12.6. The highest BCUT2D eigenvalue weighted by molar-refractivity contribution is 6.06. The second-order valence-electron chi connectivity index (χ2n) is 5.64. The molecule has 2 amide bonds. The van der Waals surface area contributed by atoms with E-state index in [2.05, 4.69) is 5.32 Å². The fraction of sp³-hybridized carbons (Fsp3) is 0.263. The van der Waals surface area contributed by atoms with Gasteiger partial charge in [0.25, 0.3) is 5.91 Å². The summed E-state index contributed by atoms with van der Waals surface area (Å²) in [6.45, 7) is 4.12. The number of nitrogens with zero attached hydrogens (tertiary/aromatic N) is 1. The number of carbonyl (C=O) groups is 2. The van der Waals surface area contributed by atoms with E-state index < -0.39 is 6.04 Å². The lowest BCUT2D eigenvalue weighted by molar-refractivity contribution is -0.125. The third-order valence-electron chi connectivity index (χ3n) is 3.94. The third kappa shape index (κ3) is 3.57. The molecule has 1 aliphatic rings. The van der Waals surface area contributed by atoms with Crippen LogP contribution in [0, 0.1) is 0 Å². The minimum absolute atomic E-state index is 0.0717. The summed E-state index contributed by atoms with van der Waals surface area (Å²) in [6.07, 6.45) is 0. The first-order valence-corrected chi connectivity index (χ1v) is 8.17. The van der Waals surface area contributed by atoms with Gasteiger partial charge in [0.15, 0.2) is 6.61 Å². The number of rotatable bonds is 5. The monoisotopic (exact) mass is 340 g/mol. The summed E-state index contributed by atoms with van der Waals surface area (Å²) in [5, 5.41) is 2.83. The van der Waals surface area contributed by atoms with E-state index in [-0.39, 0.29) is 18.4 Å². The van der Waals surface area contributed by atoms with Gasteiger partial charge in [0, 0.05) is 5.69 Å². The summed E-state index contributed by atoms with van der Waals surface area (Å²) >= 11 is 0. The summed E-state index contributed by atoms with van der Waals surface area (Å²) in [6, 6.07) is 13.7. The fourth-order valence-corrected chi connectivity index (χ4v) is 2.71. The Morgan fingerprint density at radius 2 is 1.96 bits per heavy atom. The number of anilines is 2. The van der Waals surface area contributed by atoms with E-state index in [1.54, 1.807) is 43.3 Å². The van der Waals surface area contributed by atoms with Crippen LogP contribution in [0.2, 0.25) is 0 Å². The molecule has 1 aliphatic heterocycles. The molecular weight excluding hydrogens is 320 g/mol. The Labute approximate surface area is 146 Å². The Balaban J connectivity index is 1.75. The lowest BCUT2D eigenvalue weighted by Gasteiger charge is -2.33. The number of nitrogens with one attached hydrogen (secondary N) is 1. The molecule has 25 heavy (non-hydrogen) atoms. The van der Waals surface area contributed by atoms with Gasteiger partial charge in [-0.15, -0.1) is 0 Å². The van der Waals surface area contributed by atoms with Crippen LogP contribution in [-0.2, 0) is 9.59 Å². The van der Waals surface area contributed by atoms with Crippen molar-refractivity contribution in [1.29, 1.82) is 0 Å². The van der Waals surface area contributed by atoms with Crippen LogP contribution >= 0.6 is 0 Å². The summed E-state index contributed by atoms with van der Waals surface area (Å²) in [4.78, 5) is 26.4. The first kappa shape index (κ1) is 16.8. The van der Waals surface area contributed by atoms with E-state index in [0.29, 0.717) is 23.7 Å². The summed E-state index contributed by atoms with van der Waals surface area (Å²) in [5.74, 6) is 0.830. The van der Waals surface area contributed by atoms with E-state index in [1.807, 2.05) is 19.1 Å². The standard InChI is InChI=1S/C19H20N2O4/c1-3-24-15-10-8-14(9-11-15)20-19(23)13(2)21-16-6-4-5-7-17(16)25-12-18(21)22/h4-11,13H,3,12H2,1-2H3,(H,20,23). The molecule has 130 valence electrons. The van der Waals surface area contributed by atoms with Crippen molar-refractivity contribution in [1.82, 2.24) is 0 Å². The molecule has 0 radical (unpaired) electrons. The molecule has 0 aromatic heterocycles. The molecule has 0 saturated carbocycles. The Kier molecular flexibility index (Phi) is 4.88. The summed E-state index contributed by atoms with van der Waals surface area (Å²) < 4.78 is 10.8. The van der Waals surface area contributed by atoms with E-state index in [4.69, 9.17) is 9.47 Å². The zero-order valence-electron chi connectivity index (χ0n) is 14.2. The Morgan fingerprint density at radius 3 is 2.68 bits per heavy atom. The molecule has 0 spiro atoms. The first-order valence-electron chi connectivity index (χ1n) is 8.17. The SMILES string of the molecule is CCOc1ccc(NC(=O)C(C)N2C(=O)COc3ccccc32)cc1. The predicted octanol–water partition coefficient (Wildman–Crippen LogP) is 2.84. The summed E-state index contributed by atoms with van der Waals surface area (Å²) in [7, 11) is 0. The molecule has 3 rings (SSSR count). The Hall–Kier alpha value is -3.02. The van der Waals surface area contributed by atoms with Gasteiger partial charge in [0.05, 0.1) is 12.3 Å². The van der Waals surface area contributed by atoms with Crippen molar-refractivity contribution in [2.45, 2.75) is 19.9 Å². The number of benzene rings is 2. The largest absolute Gasteiger partial charge is 0.494 e. The van der Waals surface area contributed by atoms with Crippen molar-refractivity contribution < 1.29 is 19.1 Å². The van der Waals surface area contributed by atoms with Gasteiger partial charge >= 0.3 is 0 Å². The Bertz CT molecular complexity index is 773. The van der Waals surface area contributed by atoms with E-state index >= 15 is 0 Å². The number of carbonyl (C=O) groups excluding carboxylic acids is 2. The predicted molar refractivity (Wildman–Crippen MR) is 95.1 cm³/mol. The molecule has 1 unspecified atom stereocenters. The molecule has 6 nitrogen and oxygen atoms in total. The topological polar surface area (TPSA) is 67.9 Å². The highest BCUT2D eigenvalue weighted by Crippen LogP contribution is 2.33. The quantitative estimate of drug-likeness (QED) is 0.909. The van der Waals surface area contributed by atoms with Gasteiger partial charge in [0.1, 0.15) is 17.5 Å². The number of amides is 2. The number of fused-ring (bicyclic) bond motifs is 1. The van der Waals surface area contributed by atoms with Crippen LogP contribution in [0.25, 0.3) is 0 Å². The van der Waals surface area contributed by atoms with Crippen LogP contribution < -0.4 is 19.7 Å². The van der Waals surface area contributed by atoms with Crippen LogP contribution in [0.15, 0.2) is 48.5 Å². The van der Waals surface area contributed by atoms with Crippen LogP contribution in [0.4, 0.5) is 11.4 Å². The van der Waals surface area contributed by atoms with E-state index in [1.165, 1.54) is 4.90 Å². The second kappa shape index (κ2) is 7.25. The van der Waals surface area contributed by atoms with Crippen molar-refractivity contribution in [3.63, 3.8) is 0 Å². The minimum Gasteiger partial charge on any atom is -0.494 e. The third-order valence-corrected chi connectivity index (χ3v) is 3.94. The second-order valence-corrected chi connectivity index (χ2v) is 5.64. The zero-order valence-corrected chi connectivity index (χ0v) is 14.2. The van der Waals surface area contributed by atoms with Crippen molar-refractivity contribution in [2.75, 3.05) is 23.4 Å². The van der Waals surface area contributed by atoms with Crippen molar-refractivity contribution >= 4 is 23.2 Å². The molecule has 0 fully saturated rings. The van der Waals surface area contributed by atoms with Gasteiger partial charge in [-0.05, 0) is 50.2 Å². The lowest BCUT2D eigenvalue weighted by Crippen LogP contribution is -2.49. The Morgan fingerprint density at radius 1 is 1.24 bits per heavy atom.